The summed E-state index contributed by atoms with van der Waals surface area (Å²) in [5.41, 5.74) is 0.986. The van der Waals surface area contributed by atoms with Crippen LogP contribution in [0.5, 0.6) is 17.2 Å². The van der Waals surface area contributed by atoms with Gasteiger partial charge in [-0.25, -0.2) is 0 Å². The van der Waals surface area contributed by atoms with Crippen LogP contribution in [0, 0.1) is 0 Å². The molecule has 0 unspecified atom stereocenters. The first-order chi connectivity index (χ1) is 14.6. The van der Waals surface area contributed by atoms with Crippen molar-refractivity contribution in [3.05, 3.63) is 42.5 Å². The number of amides is 2. The fourth-order valence-corrected chi connectivity index (χ4v) is 3.09. The van der Waals surface area contributed by atoms with Crippen molar-refractivity contribution < 1.29 is 33.3 Å². The lowest BCUT2D eigenvalue weighted by molar-refractivity contribution is -0.146. The number of para-hydroxylation sites is 2. The lowest BCUT2D eigenvalue weighted by Crippen LogP contribution is -2.42. The molecule has 0 bridgehead atoms. The Balaban J connectivity index is 1.31. The van der Waals surface area contributed by atoms with Crippen LogP contribution in [0.2, 0.25) is 0 Å². The molecule has 9 heteroatoms. The zero-order valence-corrected chi connectivity index (χ0v) is 16.1. The van der Waals surface area contributed by atoms with Crippen LogP contribution in [-0.4, -0.2) is 50.8 Å². The van der Waals surface area contributed by atoms with Crippen molar-refractivity contribution >= 4 is 29.2 Å². The second-order valence-corrected chi connectivity index (χ2v) is 6.66. The zero-order valence-electron chi connectivity index (χ0n) is 16.1. The van der Waals surface area contributed by atoms with Gasteiger partial charge in [0.15, 0.2) is 24.7 Å². The Hall–Kier alpha value is -3.75. The highest BCUT2D eigenvalue weighted by atomic mass is 16.5. The molecular formula is C21H20N2O7. The molecule has 2 aliphatic heterocycles. The number of nitrogens with zero attached hydrogens (tertiary/aromatic N) is 1. The Labute approximate surface area is 172 Å². The summed E-state index contributed by atoms with van der Waals surface area (Å²) in [7, 11) is 0. The SMILES string of the molecule is O=C(COC(=O)CN1C(=O)COc2ccccc21)Nc1ccc2c(c1)OCCCO2. The van der Waals surface area contributed by atoms with Gasteiger partial charge in [-0.3, -0.25) is 19.3 Å². The Morgan fingerprint density at radius 1 is 1.00 bits per heavy atom. The van der Waals surface area contributed by atoms with Crippen molar-refractivity contribution in [2.45, 2.75) is 6.42 Å². The van der Waals surface area contributed by atoms with E-state index in [0.717, 1.165) is 6.42 Å². The largest absolute Gasteiger partial charge is 0.490 e. The van der Waals surface area contributed by atoms with E-state index < -0.39 is 18.5 Å². The number of hydrogen-bond donors (Lipinski definition) is 1. The number of ether oxygens (including phenoxy) is 4. The smallest absolute Gasteiger partial charge is 0.326 e. The molecular weight excluding hydrogens is 392 g/mol. The molecule has 0 atom stereocenters. The number of rotatable bonds is 5. The average Bonchev–Trinajstić information content (AvgIpc) is 2.99. The summed E-state index contributed by atoms with van der Waals surface area (Å²) in [4.78, 5) is 37.7. The number of esters is 1. The lowest BCUT2D eigenvalue weighted by atomic mass is 10.2. The van der Waals surface area contributed by atoms with E-state index in [9.17, 15) is 14.4 Å². The van der Waals surface area contributed by atoms with Crippen molar-refractivity contribution in [1.82, 2.24) is 0 Å². The van der Waals surface area contributed by atoms with Crippen LogP contribution in [0.15, 0.2) is 42.5 Å². The normalized spacial score (nSPS) is 14.8. The number of carbonyl (C=O) groups excluding carboxylic acids is 3. The topological polar surface area (TPSA) is 103 Å². The van der Waals surface area contributed by atoms with Gasteiger partial charge in [0.25, 0.3) is 11.8 Å². The summed E-state index contributed by atoms with van der Waals surface area (Å²) in [6.45, 7) is 0.162. The van der Waals surface area contributed by atoms with Crippen LogP contribution in [0.3, 0.4) is 0 Å². The van der Waals surface area contributed by atoms with Crippen LogP contribution in [0.25, 0.3) is 0 Å². The van der Waals surface area contributed by atoms with Gasteiger partial charge in [0.2, 0.25) is 0 Å². The van der Waals surface area contributed by atoms with Gasteiger partial charge in [-0.05, 0) is 24.3 Å². The minimum atomic E-state index is -0.700. The third-order valence-electron chi connectivity index (χ3n) is 4.49. The standard InChI is InChI=1S/C21H20N2O7/c24-19(22-14-6-7-17-18(10-14)28-9-3-8-27-17)12-30-21(26)11-23-15-4-1-2-5-16(15)29-13-20(23)25/h1-2,4-7,10H,3,8-9,11-13H2,(H,22,24). The van der Waals surface area contributed by atoms with E-state index in [2.05, 4.69) is 5.32 Å². The van der Waals surface area contributed by atoms with Crippen LogP contribution >= 0.6 is 0 Å². The first kappa shape index (κ1) is 19.6. The van der Waals surface area contributed by atoms with Crippen molar-refractivity contribution in [3.8, 4) is 17.2 Å². The second kappa shape index (κ2) is 8.73. The molecule has 9 nitrogen and oxygen atoms in total. The molecule has 156 valence electrons. The Morgan fingerprint density at radius 3 is 2.67 bits per heavy atom. The highest BCUT2D eigenvalue weighted by Crippen LogP contribution is 2.32. The van der Waals surface area contributed by atoms with E-state index in [4.69, 9.17) is 18.9 Å². The maximum Gasteiger partial charge on any atom is 0.326 e. The summed E-state index contributed by atoms with van der Waals surface area (Å²) in [6, 6.07) is 11.9. The summed E-state index contributed by atoms with van der Waals surface area (Å²) < 4.78 is 21.5. The summed E-state index contributed by atoms with van der Waals surface area (Å²) in [5.74, 6) is 0.110. The van der Waals surface area contributed by atoms with E-state index in [1.807, 2.05) is 0 Å². The van der Waals surface area contributed by atoms with Gasteiger partial charge in [0.05, 0.1) is 18.9 Å². The first-order valence-electron chi connectivity index (χ1n) is 9.47. The van der Waals surface area contributed by atoms with E-state index >= 15 is 0 Å². The van der Waals surface area contributed by atoms with Gasteiger partial charge in [0.1, 0.15) is 12.3 Å². The van der Waals surface area contributed by atoms with Crippen molar-refractivity contribution in [2.75, 3.05) is 43.2 Å². The van der Waals surface area contributed by atoms with Crippen molar-refractivity contribution in [2.24, 2.45) is 0 Å². The molecule has 30 heavy (non-hydrogen) atoms. The molecule has 0 saturated heterocycles. The summed E-state index contributed by atoms with van der Waals surface area (Å²) in [6.07, 6.45) is 0.780. The van der Waals surface area contributed by atoms with Gasteiger partial charge in [-0.2, -0.15) is 0 Å². The van der Waals surface area contributed by atoms with Crippen molar-refractivity contribution in [3.63, 3.8) is 0 Å². The van der Waals surface area contributed by atoms with Gasteiger partial charge in [0, 0.05) is 18.2 Å². The molecule has 4 rings (SSSR count). The van der Waals surface area contributed by atoms with Crippen LogP contribution < -0.4 is 24.4 Å². The molecule has 0 saturated carbocycles. The molecule has 0 aromatic heterocycles. The maximum atomic E-state index is 12.2. The molecule has 0 aliphatic carbocycles. The van der Waals surface area contributed by atoms with E-state index in [1.165, 1.54) is 4.90 Å². The fourth-order valence-electron chi connectivity index (χ4n) is 3.09. The molecule has 2 aromatic carbocycles. The molecule has 1 N–H and O–H groups in total. The minimum Gasteiger partial charge on any atom is -0.490 e. The molecule has 2 aliphatic rings. The van der Waals surface area contributed by atoms with Gasteiger partial charge >= 0.3 is 5.97 Å². The quantitative estimate of drug-likeness (QED) is 0.747. The number of anilines is 2. The third kappa shape index (κ3) is 4.45. The molecule has 0 fully saturated rings. The number of hydrogen-bond acceptors (Lipinski definition) is 7. The average molecular weight is 412 g/mol. The molecule has 2 heterocycles. The van der Waals surface area contributed by atoms with Gasteiger partial charge in [-0.15, -0.1) is 0 Å². The maximum absolute atomic E-state index is 12.2. The molecule has 0 radical (unpaired) electrons. The number of carbonyl (C=O) groups is 3. The highest BCUT2D eigenvalue weighted by Gasteiger charge is 2.27. The van der Waals surface area contributed by atoms with Crippen molar-refractivity contribution in [1.29, 1.82) is 0 Å². The monoisotopic (exact) mass is 412 g/mol. The predicted molar refractivity (Wildman–Crippen MR) is 106 cm³/mol. The Kier molecular flexibility index (Phi) is 5.69. The molecule has 2 amide bonds. The van der Waals surface area contributed by atoms with Crippen LogP contribution in [0.1, 0.15) is 6.42 Å². The summed E-state index contributed by atoms with van der Waals surface area (Å²) in [5, 5.41) is 2.64. The first-order valence-corrected chi connectivity index (χ1v) is 9.47. The number of nitrogens with one attached hydrogen (secondary N) is 1. The summed E-state index contributed by atoms with van der Waals surface area (Å²) >= 11 is 0. The van der Waals surface area contributed by atoms with E-state index in [1.54, 1.807) is 42.5 Å². The second-order valence-electron chi connectivity index (χ2n) is 6.66. The Morgan fingerprint density at radius 2 is 1.80 bits per heavy atom. The molecule has 2 aromatic rings. The zero-order chi connectivity index (χ0) is 20.9. The fraction of sp³-hybridized carbons (Fsp3) is 0.286. The number of fused-ring (bicyclic) bond motifs is 2. The Bertz CT molecular complexity index is 976. The predicted octanol–water partition coefficient (Wildman–Crippen LogP) is 1.76. The molecule has 0 spiro atoms. The lowest BCUT2D eigenvalue weighted by Gasteiger charge is -2.28. The van der Waals surface area contributed by atoms with E-state index in [-0.39, 0.29) is 19.1 Å². The third-order valence-corrected chi connectivity index (χ3v) is 4.49. The highest BCUT2D eigenvalue weighted by molar-refractivity contribution is 6.01. The minimum absolute atomic E-state index is 0.158. The van der Waals surface area contributed by atoms with Gasteiger partial charge < -0.3 is 24.3 Å². The van der Waals surface area contributed by atoms with Gasteiger partial charge in [-0.1, -0.05) is 12.1 Å². The van der Waals surface area contributed by atoms with Crippen LogP contribution in [-0.2, 0) is 19.1 Å². The van der Waals surface area contributed by atoms with Crippen LogP contribution in [0.4, 0.5) is 11.4 Å². The van der Waals surface area contributed by atoms with E-state index in [0.29, 0.717) is 41.8 Å². The number of benzene rings is 2.